The number of hydrogen-bond acceptors (Lipinski definition) is 4. The number of carbonyl (C=O) groups excluding carboxylic acids is 2. The molecule has 1 N–H and O–H groups in total. The molecule has 2 aromatic carbocycles. The Labute approximate surface area is 233 Å². The van der Waals surface area contributed by atoms with E-state index in [0.717, 1.165) is 38.0 Å². The molecule has 0 bridgehead atoms. The van der Waals surface area contributed by atoms with Crippen molar-refractivity contribution >= 4 is 29.1 Å². The smallest absolute Gasteiger partial charge is 0.258 e. The summed E-state index contributed by atoms with van der Waals surface area (Å²) in [5, 5.41) is 11.4. The molecule has 208 valence electrons. The van der Waals surface area contributed by atoms with Gasteiger partial charge in [0.2, 0.25) is 0 Å². The third-order valence-corrected chi connectivity index (χ3v) is 9.05. The molecule has 1 saturated heterocycles. The number of amides is 2. The lowest BCUT2D eigenvalue weighted by atomic mass is 9.69. The number of halogens is 1. The largest absolute Gasteiger partial charge is 0.376 e. The summed E-state index contributed by atoms with van der Waals surface area (Å²) in [6, 6.07) is 15.0. The maximum atomic E-state index is 13.0. The summed E-state index contributed by atoms with van der Waals surface area (Å²) in [7, 11) is 3.57. The minimum atomic E-state index is -1.54. The van der Waals surface area contributed by atoms with Gasteiger partial charge < -0.3 is 19.8 Å². The van der Waals surface area contributed by atoms with Crippen molar-refractivity contribution in [2.75, 3.05) is 38.6 Å². The highest BCUT2D eigenvalue weighted by atomic mass is 35.5. The van der Waals surface area contributed by atoms with Crippen LogP contribution in [0.5, 0.6) is 0 Å². The van der Waals surface area contributed by atoms with E-state index in [9.17, 15) is 14.7 Å². The zero-order valence-electron chi connectivity index (χ0n) is 24.0. The number of aliphatic hydroxyl groups is 1. The number of anilines is 1. The Morgan fingerprint density at radius 1 is 1.08 bits per heavy atom. The standard InChI is InChI=1S/C31H44ClN3O3/c1-22(2)34(7)28(36)26-14-13-25(21-27(26)32)35-19-16-30(4,17-20-35)23(3)15-18-33(6)29(37)31(5,38)24-11-9-8-10-12-24/h8-14,21-23,38H,15-20H2,1-7H3/t23?,31-/m1/s1. The number of hydrogen-bond donors (Lipinski definition) is 1. The number of nitrogens with zero attached hydrogens (tertiary/aromatic N) is 3. The molecule has 7 heteroatoms. The van der Waals surface area contributed by atoms with Gasteiger partial charge in [-0.05, 0) is 75.1 Å². The van der Waals surface area contributed by atoms with E-state index in [4.69, 9.17) is 11.6 Å². The lowest BCUT2D eigenvalue weighted by Gasteiger charge is -2.44. The molecule has 0 radical (unpaired) electrons. The van der Waals surface area contributed by atoms with E-state index in [1.807, 2.05) is 50.2 Å². The molecule has 0 spiro atoms. The summed E-state index contributed by atoms with van der Waals surface area (Å²) in [6.45, 7) is 12.6. The van der Waals surface area contributed by atoms with E-state index >= 15 is 0 Å². The van der Waals surface area contributed by atoms with Gasteiger partial charge in [-0.3, -0.25) is 9.59 Å². The van der Waals surface area contributed by atoms with Crippen molar-refractivity contribution in [3.63, 3.8) is 0 Å². The van der Waals surface area contributed by atoms with Crippen LogP contribution in [-0.2, 0) is 10.4 Å². The highest BCUT2D eigenvalue weighted by molar-refractivity contribution is 6.34. The number of carbonyl (C=O) groups is 2. The number of rotatable bonds is 9. The monoisotopic (exact) mass is 541 g/mol. The van der Waals surface area contributed by atoms with Crippen LogP contribution in [0.3, 0.4) is 0 Å². The van der Waals surface area contributed by atoms with Gasteiger partial charge in [0.1, 0.15) is 0 Å². The summed E-state index contributed by atoms with van der Waals surface area (Å²) in [6.07, 6.45) is 2.93. The maximum absolute atomic E-state index is 13.0. The van der Waals surface area contributed by atoms with Gasteiger partial charge in [-0.1, -0.05) is 55.8 Å². The zero-order valence-corrected chi connectivity index (χ0v) is 24.8. The van der Waals surface area contributed by atoms with Crippen LogP contribution in [0.25, 0.3) is 0 Å². The predicted octanol–water partition coefficient (Wildman–Crippen LogP) is 5.82. The number of piperidine rings is 1. The first kappa shape index (κ1) is 30.0. The van der Waals surface area contributed by atoms with Crippen molar-refractivity contribution < 1.29 is 14.7 Å². The van der Waals surface area contributed by atoms with Crippen molar-refractivity contribution in [1.82, 2.24) is 9.80 Å². The van der Waals surface area contributed by atoms with Crippen LogP contribution in [-0.4, -0.2) is 66.5 Å². The second-order valence-corrected chi connectivity index (χ2v) is 12.1. The van der Waals surface area contributed by atoms with Gasteiger partial charge in [-0.25, -0.2) is 0 Å². The third-order valence-electron chi connectivity index (χ3n) is 8.74. The molecule has 2 amide bonds. The minimum Gasteiger partial charge on any atom is -0.376 e. The first-order valence-corrected chi connectivity index (χ1v) is 14.0. The summed E-state index contributed by atoms with van der Waals surface area (Å²) < 4.78 is 0. The highest BCUT2D eigenvalue weighted by Crippen LogP contribution is 2.41. The summed E-state index contributed by atoms with van der Waals surface area (Å²) in [5.74, 6) is 0.0660. The van der Waals surface area contributed by atoms with Gasteiger partial charge in [0.15, 0.2) is 5.60 Å². The fourth-order valence-electron chi connectivity index (χ4n) is 5.16. The molecule has 1 heterocycles. The van der Waals surface area contributed by atoms with Crippen LogP contribution in [0.15, 0.2) is 48.5 Å². The van der Waals surface area contributed by atoms with Gasteiger partial charge in [0.05, 0.1) is 10.6 Å². The molecule has 2 atom stereocenters. The van der Waals surface area contributed by atoms with E-state index in [2.05, 4.69) is 18.7 Å². The normalized spacial score (nSPS) is 17.6. The second kappa shape index (κ2) is 12.1. The Bertz CT molecular complexity index is 1110. The van der Waals surface area contributed by atoms with Gasteiger partial charge in [-0.2, -0.15) is 0 Å². The van der Waals surface area contributed by atoms with Gasteiger partial charge in [0.25, 0.3) is 11.8 Å². The second-order valence-electron chi connectivity index (χ2n) is 11.7. The molecule has 1 aliphatic heterocycles. The van der Waals surface area contributed by atoms with E-state index in [1.54, 1.807) is 43.0 Å². The lowest BCUT2D eigenvalue weighted by molar-refractivity contribution is -0.149. The maximum Gasteiger partial charge on any atom is 0.258 e. The van der Waals surface area contributed by atoms with E-state index in [-0.39, 0.29) is 23.3 Å². The number of likely N-dealkylation sites (N-methyl/N-ethyl adjacent to an activating group) is 1. The van der Waals surface area contributed by atoms with Crippen LogP contribution >= 0.6 is 11.6 Å². The van der Waals surface area contributed by atoms with E-state index in [1.165, 1.54) is 0 Å². The lowest BCUT2D eigenvalue weighted by Crippen LogP contribution is -2.45. The number of benzene rings is 2. The SMILES string of the molecule is CC(C)N(C)C(=O)c1ccc(N2CCC(C)(C(C)CCN(C)C(=O)[C@](C)(O)c3ccccc3)CC2)cc1Cl. The Balaban J connectivity index is 1.56. The highest BCUT2D eigenvalue weighted by Gasteiger charge is 2.37. The molecule has 38 heavy (non-hydrogen) atoms. The minimum absolute atomic E-state index is 0.0645. The Kier molecular flexibility index (Phi) is 9.53. The molecule has 2 aromatic rings. The molecule has 6 nitrogen and oxygen atoms in total. The molecule has 0 aromatic heterocycles. The van der Waals surface area contributed by atoms with Crippen molar-refractivity contribution in [2.45, 2.75) is 65.5 Å². The van der Waals surface area contributed by atoms with Gasteiger partial charge >= 0.3 is 0 Å². The predicted molar refractivity (Wildman–Crippen MR) is 156 cm³/mol. The van der Waals surface area contributed by atoms with Crippen LogP contribution < -0.4 is 4.90 Å². The van der Waals surface area contributed by atoms with Crippen molar-refractivity contribution in [1.29, 1.82) is 0 Å². The Hall–Kier alpha value is -2.57. The molecular formula is C31H44ClN3O3. The Morgan fingerprint density at radius 2 is 1.68 bits per heavy atom. The first-order valence-electron chi connectivity index (χ1n) is 13.6. The van der Waals surface area contributed by atoms with Gasteiger partial charge in [0, 0.05) is 45.5 Å². The average Bonchev–Trinajstić information content (AvgIpc) is 2.90. The fraction of sp³-hybridized carbons (Fsp3) is 0.548. The van der Waals surface area contributed by atoms with E-state index < -0.39 is 5.60 Å². The summed E-state index contributed by atoms with van der Waals surface area (Å²) in [4.78, 5) is 31.4. The van der Waals surface area contributed by atoms with Crippen LogP contribution in [0.1, 0.15) is 69.8 Å². The quantitative estimate of drug-likeness (QED) is 0.434. The molecule has 0 aliphatic carbocycles. The van der Waals surface area contributed by atoms with Crippen LogP contribution in [0.4, 0.5) is 5.69 Å². The molecule has 1 unspecified atom stereocenters. The first-order chi connectivity index (χ1) is 17.8. The molecule has 1 fully saturated rings. The Morgan fingerprint density at radius 3 is 2.24 bits per heavy atom. The van der Waals surface area contributed by atoms with Gasteiger partial charge in [-0.15, -0.1) is 0 Å². The van der Waals surface area contributed by atoms with Crippen LogP contribution in [0, 0.1) is 11.3 Å². The fourth-order valence-corrected chi connectivity index (χ4v) is 5.42. The average molecular weight is 542 g/mol. The van der Waals surface area contributed by atoms with Crippen molar-refractivity contribution in [3.05, 3.63) is 64.7 Å². The zero-order chi connectivity index (χ0) is 28.3. The summed E-state index contributed by atoms with van der Waals surface area (Å²) in [5.41, 5.74) is 0.796. The molecule has 0 saturated carbocycles. The van der Waals surface area contributed by atoms with Crippen LogP contribution in [0.2, 0.25) is 5.02 Å². The summed E-state index contributed by atoms with van der Waals surface area (Å²) >= 11 is 6.54. The van der Waals surface area contributed by atoms with Crippen molar-refractivity contribution in [3.8, 4) is 0 Å². The van der Waals surface area contributed by atoms with E-state index in [0.29, 0.717) is 28.6 Å². The molecule has 1 aliphatic rings. The molecular weight excluding hydrogens is 498 g/mol. The van der Waals surface area contributed by atoms with Crippen molar-refractivity contribution in [2.24, 2.45) is 11.3 Å². The molecule has 3 rings (SSSR count). The topological polar surface area (TPSA) is 64.1 Å². The third kappa shape index (κ3) is 6.52.